The van der Waals surface area contributed by atoms with Crippen molar-refractivity contribution in [3.8, 4) is 0 Å². The van der Waals surface area contributed by atoms with Gasteiger partial charge in [0.05, 0.1) is 12.7 Å². The summed E-state index contributed by atoms with van der Waals surface area (Å²) in [5.74, 6) is 0.267. The normalized spacial score (nSPS) is 15.9. The highest BCUT2D eigenvalue weighted by molar-refractivity contribution is 5.78. The van der Waals surface area contributed by atoms with Crippen LogP contribution in [-0.2, 0) is 22.7 Å². The van der Waals surface area contributed by atoms with E-state index in [0.29, 0.717) is 19.6 Å². The average Bonchev–Trinajstić information content (AvgIpc) is 2.99. The van der Waals surface area contributed by atoms with Crippen LogP contribution in [0.5, 0.6) is 0 Å². The molecule has 0 radical (unpaired) electrons. The number of hydrogen-bond donors (Lipinski definition) is 0. The molecular weight excluding hydrogens is 286 g/mol. The van der Waals surface area contributed by atoms with Crippen LogP contribution in [0.4, 0.5) is 0 Å². The van der Waals surface area contributed by atoms with Crippen molar-refractivity contribution >= 4 is 5.91 Å². The summed E-state index contributed by atoms with van der Waals surface area (Å²) in [4.78, 5) is 13.7. The van der Waals surface area contributed by atoms with Crippen molar-refractivity contribution < 1.29 is 9.53 Å². The molecule has 0 aliphatic carbocycles. The van der Waals surface area contributed by atoms with Crippen LogP contribution in [0.1, 0.15) is 42.6 Å². The molecule has 3 nitrogen and oxygen atoms in total. The van der Waals surface area contributed by atoms with Crippen LogP contribution in [0.25, 0.3) is 0 Å². The lowest BCUT2D eigenvalue weighted by Crippen LogP contribution is -2.23. The predicted octanol–water partition coefficient (Wildman–Crippen LogP) is 4.09. The van der Waals surface area contributed by atoms with Crippen molar-refractivity contribution in [1.29, 1.82) is 0 Å². The Bertz CT molecular complexity index is 654. The predicted molar refractivity (Wildman–Crippen MR) is 90.7 cm³/mol. The highest BCUT2D eigenvalue weighted by Crippen LogP contribution is 2.21. The van der Waals surface area contributed by atoms with Gasteiger partial charge in [-0.2, -0.15) is 0 Å². The number of carbonyl (C=O) groups excluding carboxylic acids is 1. The van der Waals surface area contributed by atoms with E-state index in [2.05, 4.69) is 37.3 Å². The Labute approximate surface area is 137 Å². The fraction of sp³-hybridized carbons (Fsp3) is 0.350. The van der Waals surface area contributed by atoms with E-state index < -0.39 is 0 Å². The quantitative estimate of drug-likeness (QED) is 0.804. The zero-order valence-corrected chi connectivity index (χ0v) is 13.6. The van der Waals surface area contributed by atoms with E-state index in [4.69, 9.17) is 4.74 Å². The highest BCUT2D eigenvalue weighted by atomic mass is 16.5. The van der Waals surface area contributed by atoms with Crippen molar-refractivity contribution in [3.05, 3.63) is 71.3 Å². The summed E-state index contributed by atoms with van der Waals surface area (Å²) >= 11 is 0. The fourth-order valence-electron chi connectivity index (χ4n) is 2.93. The Morgan fingerprint density at radius 3 is 2.61 bits per heavy atom. The molecule has 3 heteroatoms. The Morgan fingerprint density at radius 2 is 1.87 bits per heavy atom. The maximum atomic E-state index is 11.8. The second-order valence-electron chi connectivity index (χ2n) is 6.10. The number of likely N-dealkylation sites (tertiary alicyclic amines) is 1. The van der Waals surface area contributed by atoms with Gasteiger partial charge in [-0.15, -0.1) is 0 Å². The lowest BCUT2D eigenvalue weighted by atomic mass is 10.1. The van der Waals surface area contributed by atoms with Gasteiger partial charge in [0.1, 0.15) is 0 Å². The largest absolute Gasteiger partial charge is 0.369 e. The molecule has 2 aromatic carbocycles. The lowest BCUT2D eigenvalue weighted by molar-refractivity contribution is -0.128. The second kappa shape index (κ2) is 7.42. The monoisotopic (exact) mass is 309 g/mol. The fourth-order valence-corrected chi connectivity index (χ4v) is 2.93. The summed E-state index contributed by atoms with van der Waals surface area (Å²) in [5, 5.41) is 0. The molecule has 1 fully saturated rings. The Balaban J connectivity index is 1.61. The highest BCUT2D eigenvalue weighted by Gasteiger charge is 2.20. The van der Waals surface area contributed by atoms with Gasteiger partial charge >= 0.3 is 0 Å². The second-order valence-corrected chi connectivity index (χ2v) is 6.10. The van der Waals surface area contributed by atoms with Crippen molar-refractivity contribution in [1.82, 2.24) is 4.90 Å². The number of amides is 1. The zero-order valence-electron chi connectivity index (χ0n) is 13.6. The number of rotatable bonds is 6. The van der Waals surface area contributed by atoms with Gasteiger partial charge in [0.15, 0.2) is 0 Å². The van der Waals surface area contributed by atoms with Crippen LogP contribution >= 0.6 is 0 Å². The SMILES string of the molecule is CC(OCc1ccccc1)c1cccc(CN2CCCC2=O)c1. The summed E-state index contributed by atoms with van der Waals surface area (Å²) in [7, 11) is 0. The molecule has 1 aliphatic rings. The van der Waals surface area contributed by atoms with E-state index >= 15 is 0 Å². The third-order valence-electron chi connectivity index (χ3n) is 4.31. The van der Waals surface area contributed by atoms with Crippen LogP contribution in [-0.4, -0.2) is 17.4 Å². The van der Waals surface area contributed by atoms with E-state index in [1.165, 1.54) is 11.1 Å². The first kappa shape index (κ1) is 15.8. The van der Waals surface area contributed by atoms with E-state index in [1.807, 2.05) is 29.2 Å². The molecule has 0 spiro atoms. The summed E-state index contributed by atoms with van der Waals surface area (Å²) in [5.41, 5.74) is 3.51. The minimum Gasteiger partial charge on any atom is -0.369 e. The topological polar surface area (TPSA) is 29.5 Å². The standard InChI is InChI=1S/C20H23NO2/c1-16(23-15-17-7-3-2-4-8-17)19-10-5-9-18(13-19)14-21-12-6-11-20(21)22/h2-5,7-10,13,16H,6,11-12,14-15H2,1H3. The summed E-state index contributed by atoms with van der Waals surface area (Å²) in [6.45, 7) is 4.26. The first-order valence-electron chi connectivity index (χ1n) is 8.24. The smallest absolute Gasteiger partial charge is 0.222 e. The van der Waals surface area contributed by atoms with E-state index in [9.17, 15) is 4.79 Å². The van der Waals surface area contributed by atoms with Gasteiger partial charge in [0, 0.05) is 19.5 Å². The molecular formula is C20H23NO2. The molecule has 1 saturated heterocycles. The van der Waals surface area contributed by atoms with Gasteiger partial charge in [-0.05, 0) is 30.0 Å². The number of nitrogens with zero attached hydrogens (tertiary/aromatic N) is 1. The lowest BCUT2D eigenvalue weighted by Gasteiger charge is -2.18. The minimum absolute atomic E-state index is 0.0319. The van der Waals surface area contributed by atoms with Gasteiger partial charge in [-0.1, -0.05) is 54.6 Å². The van der Waals surface area contributed by atoms with Gasteiger partial charge < -0.3 is 9.64 Å². The molecule has 3 rings (SSSR count). The third kappa shape index (κ3) is 4.20. The Kier molecular flexibility index (Phi) is 5.09. The van der Waals surface area contributed by atoms with Crippen molar-refractivity contribution in [2.45, 2.75) is 39.0 Å². The first-order chi connectivity index (χ1) is 11.2. The molecule has 0 aromatic heterocycles. The molecule has 1 heterocycles. The number of carbonyl (C=O) groups is 1. The minimum atomic E-state index is 0.0319. The maximum Gasteiger partial charge on any atom is 0.222 e. The maximum absolute atomic E-state index is 11.8. The Morgan fingerprint density at radius 1 is 1.09 bits per heavy atom. The van der Waals surface area contributed by atoms with Crippen LogP contribution in [0.3, 0.4) is 0 Å². The van der Waals surface area contributed by atoms with Crippen LogP contribution in [0, 0.1) is 0 Å². The molecule has 2 aromatic rings. The van der Waals surface area contributed by atoms with Gasteiger partial charge in [-0.25, -0.2) is 0 Å². The van der Waals surface area contributed by atoms with Crippen molar-refractivity contribution in [2.75, 3.05) is 6.54 Å². The third-order valence-corrected chi connectivity index (χ3v) is 4.31. The van der Waals surface area contributed by atoms with E-state index in [1.54, 1.807) is 0 Å². The summed E-state index contributed by atoms with van der Waals surface area (Å²) in [6.07, 6.45) is 1.70. The zero-order chi connectivity index (χ0) is 16.1. The number of benzene rings is 2. The summed E-state index contributed by atoms with van der Waals surface area (Å²) in [6, 6.07) is 18.6. The Hall–Kier alpha value is -2.13. The van der Waals surface area contributed by atoms with E-state index in [0.717, 1.165) is 18.5 Å². The first-order valence-corrected chi connectivity index (χ1v) is 8.24. The number of hydrogen-bond acceptors (Lipinski definition) is 2. The molecule has 1 amide bonds. The van der Waals surface area contributed by atoms with Crippen molar-refractivity contribution in [3.63, 3.8) is 0 Å². The average molecular weight is 309 g/mol. The van der Waals surface area contributed by atoms with Crippen LogP contribution < -0.4 is 0 Å². The molecule has 1 atom stereocenters. The molecule has 23 heavy (non-hydrogen) atoms. The van der Waals surface area contributed by atoms with Gasteiger partial charge in [0.2, 0.25) is 5.91 Å². The molecule has 120 valence electrons. The molecule has 0 N–H and O–H groups in total. The summed E-state index contributed by atoms with van der Waals surface area (Å²) < 4.78 is 5.98. The molecule has 1 aliphatic heterocycles. The molecule has 1 unspecified atom stereocenters. The molecule has 0 saturated carbocycles. The van der Waals surface area contributed by atoms with Gasteiger partial charge in [0.25, 0.3) is 0 Å². The van der Waals surface area contributed by atoms with Crippen molar-refractivity contribution in [2.24, 2.45) is 0 Å². The number of ether oxygens (including phenoxy) is 1. The van der Waals surface area contributed by atoms with Gasteiger partial charge in [-0.3, -0.25) is 4.79 Å². The van der Waals surface area contributed by atoms with Crippen LogP contribution in [0.15, 0.2) is 54.6 Å². The molecule has 0 bridgehead atoms. The van der Waals surface area contributed by atoms with Crippen LogP contribution in [0.2, 0.25) is 0 Å². The van der Waals surface area contributed by atoms with E-state index in [-0.39, 0.29) is 12.0 Å².